The van der Waals surface area contributed by atoms with E-state index in [0.717, 1.165) is 49.5 Å². The van der Waals surface area contributed by atoms with E-state index in [4.69, 9.17) is 4.52 Å². The summed E-state index contributed by atoms with van der Waals surface area (Å²) >= 11 is 1.60. The molecular formula is C25H31N5O2S. The minimum atomic E-state index is 0.0678. The van der Waals surface area contributed by atoms with Crippen LogP contribution in [-0.4, -0.2) is 47.1 Å². The molecule has 0 bridgehead atoms. The van der Waals surface area contributed by atoms with Crippen LogP contribution in [0.1, 0.15) is 43.6 Å². The van der Waals surface area contributed by atoms with Crippen LogP contribution >= 0.6 is 11.3 Å². The van der Waals surface area contributed by atoms with Crippen LogP contribution in [0.25, 0.3) is 10.7 Å². The van der Waals surface area contributed by atoms with Crippen molar-refractivity contribution in [3.05, 3.63) is 53.2 Å². The number of anilines is 1. The highest BCUT2D eigenvalue weighted by Crippen LogP contribution is 2.24. The fourth-order valence-corrected chi connectivity index (χ4v) is 5.33. The fourth-order valence-electron chi connectivity index (χ4n) is 4.68. The summed E-state index contributed by atoms with van der Waals surface area (Å²) in [6.45, 7) is 5.25. The van der Waals surface area contributed by atoms with Crippen LogP contribution in [0.3, 0.4) is 0 Å². The molecule has 3 aromatic rings. The van der Waals surface area contributed by atoms with E-state index < -0.39 is 0 Å². The van der Waals surface area contributed by atoms with Crippen molar-refractivity contribution in [3.63, 3.8) is 0 Å². The number of hydrogen-bond donors (Lipinski definition) is 1. The summed E-state index contributed by atoms with van der Waals surface area (Å²) in [7, 11) is 0. The van der Waals surface area contributed by atoms with E-state index in [9.17, 15) is 4.79 Å². The molecule has 2 aliphatic rings. The number of nitrogens with one attached hydrogen (secondary N) is 1. The Morgan fingerprint density at radius 3 is 2.58 bits per heavy atom. The Morgan fingerprint density at radius 2 is 1.85 bits per heavy atom. The van der Waals surface area contributed by atoms with Crippen molar-refractivity contribution < 1.29 is 9.32 Å². The van der Waals surface area contributed by atoms with Crippen LogP contribution in [0.15, 0.2) is 46.3 Å². The molecule has 2 saturated heterocycles. The van der Waals surface area contributed by atoms with Crippen molar-refractivity contribution in [1.82, 2.24) is 20.4 Å². The van der Waals surface area contributed by atoms with E-state index >= 15 is 0 Å². The van der Waals surface area contributed by atoms with Gasteiger partial charge in [-0.3, -0.25) is 9.69 Å². The van der Waals surface area contributed by atoms with Gasteiger partial charge in [-0.25, -0.2) is 0 Å². The minimum absolute atomic E-state index is 0.0678. The molecule has 2 fully saturated rings. The number of benzene rings is 1. The van der Waals surface area contributed by atoms with E-state index in [1.165, 1.54) is 24.9 Å². The molecule has 1 N–H and O–H groups in total. The van der Waals surface area contributed by atoms with Gasteiger partial charge in [-0.15, -0.1) is 11.3 Å². The lowest BCUT2D eigenvalue weighted by atomic mass is 9.96. The molecule has 2 aromatic heterocycles. The van der Waals surface area contributed by atoms with Crippen LogP contribution in [0, 0.1) is 5.92 Å². The number of nitrogens with zero attached hydrogens (tertiary/aromatic N) is 4. The normalized spacial score (nSPS) is 17.9. The average molecular weight is 466 g/mol. The first-order valence-electron chi connectivity index (χ1n) is 11.9. The summed E-state index contributed by atoms with van der Waals surface area (Å²) < 4.78 is 5.42. The summed E-state index contributed by atoms with van der Waals surface area (Å²) in [4.78, 5) is 23.0. The third kappa shape index (κ3) is 5.62. The Labute approximate surface area is 198 Å². The lowest BCUT2D eigenvalue weighted by molar-refractivity contribution is -0.126. The first-order valence-corrected chi connectivity index (χ1v) is 12.8. The SMILES string of the molecule is O=C(NCc1ccc(N2CCCCC2)cc1)C1CCN(Cc2nc(-c3cccs3)no2)CC1. The maximum absolute atomic E-state index is 12.7. The fraction of sp³-hybridized carbons (Fsp3) is 0.480. The minimum Gasteiger partial charge on any atom is -0.372 e. The molecule has 4 heterocycles. The maximum atomic E-state index is 12.7. The molecule has 1 amide bonds. The van der Waals surface area contributed by atoms with E-state index in [0.29, 0.717) is 24.8 Å². The van der Waals surface area contributed by atoms with Crippen molar-refractivity contribution in [3.8, 4) is 10.7 Å². The molecule has 0 aliphatic carbocycles. The van der Waals surface area contributed by atoms with Crippen molar-refractivity contribution in [1.29, 1.82) is 0 Å². The van der Waals surface area contributed by atoms with Gasteiger partial charge in [0.1, 0.15) is 0 Å². The van der Waals surface area contributed by atoms with Crippen molar-refractivity contribution in [2.24, 2.45) is 5.92 Å². The van der Waals surface area contributed by atoms with E-state index in [2.05, 4.69) is 49.5 Å². The molecule has 5 rings (SSSR count). The van der Waals surface area contributed by atoms with Gasteiger partial charge in [0.25, 0.3) is 0 Å². The number of hydrogen-bond acceptors (Lipinski definition) is 7. The van der Waals surface area contributed by atoms with Gasteiger partial charge >= 0.3 is 0 Å². The number of carbonyl (C=O) groups excluding carboxylic acids is 1. The van der Waals surface area contributed by atoms with Crippen LogP contribution in [-0.2, 0) is 17.9 Å². The number of likely N-dealkylation sites (tertiary alicyclic amines) is 1. The Hall–Kier alpha value is -2.71. The largest absolute Gasteiger partial charge is 0.372 e. The number of piperidine rings is 2. The second-order valence-electron chi connectivity index (χ2n) is 8.97. The predicted molar refractivity (Wildman–Crippen MR) is 130 cm³/mol. The molecule has 2 aliphatic heterocycles. The summed E-state index contributed by atoms with van der Waals surface area (Å²) in [5, 5.41) is 9.23. The molecular weight excluding hydrogens is 434 g/mol. The van der Waals surface area contributed by atoms with E-state index in [-0.39, 0.29) is 11.8 Å². The first kappa shape index (κ1) is 22.1. The standard InChI is InChI=1S/C25H31N5O2S/c31-25(26-17-19-6-8-21(9-7-19)30-12-2-1-3-13-30)20-10-14-29(15-11-20)18-23-27-24(28-32-23)22-5-4-16-33-22/h4-9,16,20H,1-3,10-15,17-18H2,(H,26,31). The van der Waals surface area contributed by atoms with Crippen molar-refractivity contribution in [2.75, 3.05) is 31.1 Å². The molecule has 0 unspecified atom stereocenters. The first-order chi connectivity index (χ1) is 16.2. The molecule has 0 radical (unpaired) electrons. The van der Waals surface area contributed by atoms with E-state index in [1.54, 1.807) is 11.3 Å². The average Bonchev–Trinajstić information content (AvgIpc) is 3.56. The van der Waals surface area contributed by atoms with Gasteiger partial charge in [0.05, 0.1) is 11.4 Å². The summed E-state index contributed by atoms with van der Waals surface area (Å²) in [6, 6.07) is 12.6. The highest BCUT2D eigenvalue weighted by Gasteiger charge is 2.26. The topological polar surface area (TPSA) is 74.5 Å². The van der Waals surface area contributed by atoms with Gasteiger partial charge in [-0.1, -0.05) is 23.4 Å². The van der Waals surface area contributed by atoms with Gasteiger partial charge in [-0.05, 0) is 74.3 Å². The third-order valence-corrected chi connectivity index (χ3v) is 7.52. The zero-order chi connectivity index (χ0) is 22.5. The van der Waals surface area contributed by atoms with Crippen molar-refractivity contribution in [2.45, 2.75) is 45.2 Å². The van der Waals surface area contributed by atoms with Crippen molar-refractivity contribution >= 4 is 22.9 Å². The number of carbonyl (C=O) groups is 1. The Balaban J connectivity index is 1.05. The zero-order valence-corrected chi connectivity index (χ0v) is 19.7. The Morgan fingerprint density at radius 1 is 1.06 bits per heavy atom. The van der Waals surface area contributed by atoms with Gasteiger partial charge in [0.2, 0.25) is 17.6 Å². The zero-order valence-electron chi connectivity index (χ0n) is 18.9. The second kappa shape index (κ2) is 10.5. The quantitative estimate of drug-likeness (QED) is 0.560. The van der Waals surface area contributed by atoms with Gasteiger partial charge in [0, 0.05) is 31.2 Å². The van der Waals surface area contributed by atoms with E-state index in [1.807, 2.05) is 17.5 Å². The number of aromatic nitrogens is 2. The lowest BCUT2D eigenvalue weighted by Gasteiger charge is -2.30. The molecule has 7 nitrogen and oxygen atoms in total. The Bertz CT molecular complexity index is 1020. The monoisotopic (exact) mass is 465 g/mol. The van der Waals surface area contributed by atoms with Gasteiger partial charge in [-0.2, -0.15) is 4.98 Å². The van der Waals surface area contributed by atoms with Gasteiger partial charge < -0.3 is 14.7 Å². The number of rotatable bonds is 7. The number of amides is 1. The third-order valence-electron chi connectivity index (χ3n) is 6.65. The summed E-state index contributed by atoms with van der Waals surface area (Å²) in [6.07, 6.45) is 5.60. The molecule has 0 spiro atoms. The predicted octanol–water partition coefficient (Wildman–Crippen LogP) is 4.32. The number of thiophene rings is 1. The van der Waals surface area contributed by atoms with Crippen LogP contribution in [0.4, 0.5) is 5.69 Å². The molecule has 0 atom stereocenters. The molecule has 174 valence electrons. The Kier molecular flexibility index (Phi) is 7.02. The molecule has 0 saturated carbocycles. The van der Waals surface area contributed by atoms with Crippen LogP contribution < -0.4 is 10.2 Å². The smallest absolute Gasteiger partial charge is 0.241 e. The molecule has 33 heavy (non-hydrogen) atoms. The maximum Gasteiger partial charge on any atom is 0.241 e. The highest BCUT2D eigenvalue weighted by atomic mass is 32.1. The van der Waals surface area contributed by atoms with Crippen LogP contribution in [0.5, 0.6) is 0 Å². The lowest BCUT2D eigenvalue weighted by Crippen LogP contribution is -2.40. The summed E-state index contributed by atoms with van der Waals surface area (Å²) in [5.41, 5.74) is 2.44. The van der Waals surface area contributed by atoms with Gasteiger partial charge in [0.15, 0.2) is 0 Å². The second-order valence-corrected chi connectivity index (χ2v) is 9.92. The molecule has 1 aromatic carbocycles. The molecule has 8 heteroatoms. The summed E-state index contributed by atoms with van der Waals surface area (Å²) in [5.74, 6) is 1.51. The van der Waals surface area contributed by atoms with Crippen LogP contribution in [0.2, 0.25) is 0 Å². The highest BCUT2D eigenvalue weighted by molar-refractivity contribution is 7.13.